The van der Waals surface area contributed by atoms with Crippen LogP contribution in [0.3, 0.4) is 0 Å². The fourth-order valence-corrected chi connectivity index (χ4v) is 3.03. The second-order valence-corrected chi connectivity index (χ2v) is 5.79. The number of pyridine rings is 1. The SMILES string of the molecule is CN(Cc1cccnc1)C[C@@H]1CCO[C@H]1c1nccn1C. The van der Waals surface area contributed by atoms with E-state index in [0.29, 0.717) is 5.92 Å². The fraction of sp³-hybridized carbons (Fsp3) is 0.500. The number of rotatable bonds is 5. The molecule has 1 aliphatic heterocycles. The first-order valence-corrected chi connectivity index (χ1v) is 7.40. The quantitative estimate of drug-likeness (QED) is 0.843. The zero-order valence-corrected chi connectivity index (χ0v) is 12.6. The van der Waals surface area contributed by atoms with Crippen molar-refractivity contribution in [2.45, 2.75) is 19.1 Å². The third-order valence-electron chi connectivity index (χ3n) is 4.05. The summed E-state index contributed by atoms with van der Waals surface area (Å²) in [6.45, 7) is 2.74. The fourth-order valence-electron chi connectivity index (χ4n) is 3.03. The third-order valence-corrected chi connectivity index (χ3v) is 4.05. The van der Waals surface area contributed by atoms with Crippen LogP contribution in [0.1, 0.15) is 23.9 Å². The van der Waals surface area contributed by atoms with Crippen LogP contribution in [0, 0.1) is 5.92 Å². The van der Waals surface area contributed by atoms with Crippen LogP contribution in [0.4, 0.5) is 0 Å². The van der Waals surface area contributed by atoms with Crippen LogP contribution >= 0.6 is 0 Å². The Labute approximate surface area is 125 Å². The maximum absolute atomic E-state index is 5.92. The maximum Gasteiger partial charge on any atom is 0.137 e. The minimum Gasteiger partial charge on any atom is -0.370 e. The minimum absolute atomic E-state index is 0.112. The standard InChI is InChI=1S/C16H22N4O/c1-19(11-13-4-3-6-17-10-13)12-14-5-9-21-15(14)16-18-7-8-20(16)2/h3-4,6-8,10,14-15H,5,9,11-12H2,1-2H3/t14-,15+/m0/s1. The molecule has 0 radical (unpaired) electrons. The van der Waals surface area contributed by atoms with E-state index in [1.54, 1.807) is 0 Å². The molecule has 0 amide bonds. The topological polar surface area (TPSA) is 43.2 Å². The van der Waals surface area contributed by atoms with Crippen LogP contribution in [0.2, 0.25) is 0 Å². The van der Waals surface area contributed by atoms with Crippen LogP contribution in [0.15, 0.2) is 36.9 Å². The average Bonchev–Trinajstić information content (AvgIpc) is 3.08. The molecule has 112 valence electrons. The highest BCUT2D eigenvalue weighted by atomic mass is 16.5. The van der Waals surface area contributed by atoms with Gasteiger partial charge in [0.15, 0.2) is 0 Å². The summed E-state index contributed by atoms with van der Waals surface area (Å²) in [6.07, 6.45) is 8.76. The Morgan fingerprint density at radius 3 is 3.05 bits per heavy atom. The van der Waals surface area contributed by atoms with Gasteiger partial charge in [-0.2, -0.15) is 0 Å². The lowest BCUT2D eigenvalue weighted by Crippen LogP contribution is -2.28. The van der Waals surface area contributed by atoms with Gasteiger partial charge in [-0.25, -0.2) is 4.98 Å². The van der Waals surface area contributed by atoms with Crippen molar-refractivity contribution in [1.82, 2.24) is 19.4 Å². The van der Waals surface area contributed by atoms with E-state index in [4.69, 9.17) is 4.74 Å². The van der Waals surface area contributed by atoms with Gasteiger partial charge >= 0.3 is 0 Å². The van der Waals surface area contributed by atoms with Gasteiger partial charge in [-0.15, -0.1) is 0 Å². The molecule has 1 aliphatic rings. The summed E-state index contributed by atoms with van der Waals surface area (Å²) in [5.41, 5.74) is 1.24. The van der Waals surface area contributed by atoms with Crippen LogP contribution in [-0.4, -0.2) is 39.6 Å². The van der Waals surface area contributed by atoms with Crippen LogP contribution in [0.5, 0.6) is 0 Å². The van der Waals surface area contributed by atoms with Crippen molar-refractivity contribution in [2.24, 2.45) is 13.0 Å². The van der Waals surface area contributed by atoms with Crippen molar-refractivity contribution in [2.75, 3.05) is 20.2 Å². The van der Waals surface area contributed by atoms with E-state index in [2.05, 4.69) is 32.5 Å². The molecule has 1 saturated heterocycles. The summed E-state index contributed by atoms with van der Waals surface area (Å²) in [6, 6.07) is 4.10. The van der Waals surface area contributed by atoms with E-state index in [-0.39, 0.29) is 6.10 Å². The lowest BCUT2D eigenvalue weighted by atomic mass is 10.00. The van der Waals surface area contributed by atoms with E-state index in [0.717, 1.165) is 31.9 Å². The van der Waals surface area contributed by atoms with Gasteiger partial charge in [0.1, 0.15) is 11.9 Å². The predicted octanol–water partition coefficient (Wildman–Crippen LogP) is 2.02. The normalized spacial score (nSPS) is 22.0. The summed E-state index contributed by atoms with van der Waals surface area (Å²) in [4.78, 5) is 11.0. The number of aromatic nitrogens is 3. The molecule has 5 heteroatoms. The number of nitrogens with zero attached hydrogens (tertiary/aromatic N) is 4. The second-order valence-electron chi connectivity index (χ2n) is 5.79. The monoisotopic (exact) mass is 286 g/mol. The molecule has 5 nitrogen and oxygen atoms in total. The summed E-state index contributed by atoms with van der Waals surface area (Å²) in [5, 5.41) is 0. The molecule has 2 atom stereocenters. The van der Waals surface area contributed by atoms with Gasteiger partial charge in [0.25, 0.3) is 0 Å². The lowest BCUT2D eigenvalue weighted by molar-refractivity contribution is 0.0716. The van der Waals surface area contributed by atoms with Crippen molar-refractivity contribution in [3.8, 4) is 0 Å². The molecule has 2 aromatic heterocycles. The largest absolute Gasteiger partial charge is 0.370 e. The van der Waals surface area contributed by atoms with Crippen molar-refractivity contribution in [3.63, 3.8) is 0 Å². The van der Waals surface area contributed by atoms with Gasteiger partial charge in [-0.05, 0) is 25.1 Å². The van der Waals surface area contributed by atoms with Gasteiger partial charge in [0.05, 0.1) is 0 Å². The zero-order chi connectivity index (χ0) is 14.7. The number of hydrogen-bond acceptors (Lipinski definition) is 4. The molecule has 0 N–H and O–H groups in total. The van der Waals surface area contributed by atoms with E-state index < -0.39 is 0 Å². The zero-order valence-electron chi connectivity index (χ0n) is 12.6. The van der Waals surface area contributed by atoms with Crippen molar-refractivity contribution in [1.29, 1.82) is 0 Å². The second kappa shape index (κ2) is 6.37. The molecule has 1 fully saturated rings. The molecule has 21 heavy (non-hydrogen) atoms. The molecule has 0 aliphatic carbocycles. The predicted molar refractivity (Wildman–Crippen MR) is 80.6 cm³/mol. The summed E-state index contributed by atoms with van der Waals surface area (Å²) in [5.74, 6) is 1.53. The number of aryl methyl sites for hydroxylation is 1. The summed E-state index contributed by atoms with van der Waals surface area (Å²) in [7, 11) is 4.18. The van der Waals surface area contributed by atoms with Gasteiger partial charge in [-0.1, -0.05) is 6.07 Å². The first-order valence-electron chi connectivity index (χ1n) is 7.40. The van der Waals surface area contributed by atoms with Crippen LogP contribution in [0.25, 0.3) is 0 Å². The highest BCUT2D eigenvalue weighted by Gasteiger charge is 2.32. The highest BCUT2D eigenvalue weighted by molar-refractivity contribution is 5.08. The molecule has 0 bridgehead atoms. The average molecular weight is 286 g/mol. The van der Waals surface area contributed by atoms with E-state index in [9.17, 15) is 0 Å². The molecule has 3 rings (SSSR count). The number of hydrogen-bond donors (Lipinski definition) is 0. The summed E-state index contributed by atoms with van der Waals surface area (Å²) < 4.78 is 7.98. The van der Waals surface area contributed by atoms with Gasteiger partial charge in [0.2, 0.25) is 0 Å². The number of ether oxygens (including phenoxy) is 1. The Kier molecular flexibility index (Phi) is 4.31. The van der Waals surface area contributed by atoms with Crippen molar-refractivity contribution < 1.29 is 4.74 Å². The van der Waals surface area contributed by atoms with Gasteiger partial charge in [0, 0.05) is 57.4 Å². The maximum atomic E-state index is 5.92. The van der Waals surface area contributed by atoms with E-state index in [1.165, 1.54) is 5.56 Å². The molecule has 0 aromatic carbocycles. The van der Waals surface area contributed by atoms with Crippen LogP contribution < -0.4 is 0 Å². The molecule has 0 unspecified atom stereocenters. The molecular weight excluding hydrogens is 264 g/mol. The van der Waals surface area contributed by atoms with Gasteiger partial charge < -0.3 is 14.2 Å². The Morgan fingerprint density at radius 1 is 1.43 bits per heavy atom. The first kappa shape index (κ1) is 14.2. The Morgan fingerprint density at radius 2 is 2.33 bits per heavy atom. The minimum atomic E-state index is 0.112. The molecule has 0 spiro atoms. The summed E-state index contributed by atoms with van der Waals surface area (Å²) >= 11 is 0. The number of imidazole rings is 1. The van der Waals surface area contributed by atoms with Gasteiger partial charge in [-0.3, -0.25) is 4.98 Å². The van der Waals surface area contributed by atoms with Crippen molar-refractivity contribution in [3.05, 3.63) is 48.3 Å². The molecular formula is C16H22N4O. The van der Waals surface area contributed by atoms with Crippen molar-refractivity contribution >= 4 is 0 Å². The first-order chi connectivity index (χ1) is 10.2. The van der Waals surface area contributed by atoms with Crippen LogP contribution in [-0.2, 0) is 18.3 Å². The smallest absolute Gasteiger partial charge is 0.137 e. The Balaban J connectivity index is 1.62. The lowest BCUT2D eigenvalue weighted by Gasteiger charge is -2.24. The Hall–Kier alpha value is -1.72. The Bertz CT molecular complexity index is 569. The molecule has 3 heterocycles. The highest BCUT2D eigenvalue weighted by Crippen LogP contribution is 2.33. The third kappa shape index (κ3) is 3.31. The molecule has 2 aromatic rings. The van der Waals surface area contributed by atoms with E-state index >= 15 is 0 Å². The molecule has 0 saturated carbocycles. The van der Waals surface area contributed by atoms with E-state index in [1.807, 2.05) is 37.9 Å².